The minimum absolute atomic E-state index is 0.103. The van der Waals surface area contributed by atoms with Gasteiger partial charge in [-0.1, -0.05) is 24.3 Å². The van der Waals surface area contributed by atoms with Crippen molar-refractivity contribution < 1.29 is 9.13 Å². The van der Waals surface area contributed by atoms with Crippen LogP contribution in [0.25, 0.3) is 5.57 Å². The maximum atomic E-state index is 13.1. The van der Waals surface area contributed by atoms with Crippen LogP contribution in [0, 0.1) is 6.92 Å². The summed E-state index contributed by atoms with van der Waals surface area (Å²) in [5.74, 6) is 0.811. The van der Waals surface area contributed by atoms with Crippen LogP contribution in [0.15, 0.2) is 36.2 Å². The van der Waals surface area contributed by atoms with Gasteiger partial charge in [0.1, 0.15) is 17.7 Å². The lowest BCUT2D eigenvalue weighted by molar-refractivity contribution is 0.262. The highest BCUT2D eigenvalue weighted by atomic mass is 19.1. The van der Waals surface area contributed by atoms with Crippen LogP contribution >= 0.6 is 0 Å². The van der Waals surface area contributed by atoms with Gasteiger partial charge in [0.25, 0.3) is 0 Å². The summed E-state index contributed by atoms with van der Waals surface area (Å²) >= 11 is 0. The molecule has 2 heteroatoms. The van der Waals surface area contributed by atoms with Gasteiger partial charge in [-0.15, -0.1) is 0 Å². The molecule has 1 unspecified atom stereocenters. The fraction of sp³-hybridized carbons (Fsp3) is 0.231. The number of benzene rings is 1. The third kappa shape index (κ3) is 1.21. The van der Waals surface area contributed by atoms with Crippen molar-refractivity contribution in [2.75, 3.05) is 0 Å². The summed E-state index contributed by atoms with van der Waals surface area (Å²) in [5, 5.41) is 0. The Balaban J connectivity index is 2.16. The van der Waals surface area contributed by atoms with E-state index in [9.17, 15) is 4.39 Å². The van der Waals surface area contributed by atoms with Gasteiger partial charge in [-0.2, -0.15) is 0 Å². The first-order valence-corrected chi connectivity index (χ1v) is 5.08. The standard InChI is InChI=1S/C13H11FO/c1-8-3-2-4-11-10-6-5-9(14)7-12(10)15-13(8)11/h2-6,12H,7H2,1H3. The summed E-state index contributed by atoms with van der Waals surface area (Å²) in [6.07, 6.45) is 3.60. The molecule has 0 saturated carbocycles. The van der Waals surface area contributed by atoms with Crippen molar-refractivity contribution in [1.82, 2.24) is 0 Å². The van der Waals surface area contributed by atoms with Crippen LogP contribution < -0.4 is 4.74 Å². The highest BCUT2D eigenvalue weighted by molar-refractivity contribution is 5.80. The van der Waals surface area contributed by atoms with Gasteiger partial charge in [0.15, 0.2) is 0 Å². The molecular formula is C13H11FO. The van der Waals surface area contributed by atoms with E-state index in [4.69, 9.17) is 4.74 Å². The van der Waals surface area contributed by atoms with E-state index >= 15 is 0 Å². The topological polar surface area (TPSA) is 9.23 Å². The van der Waals surface area contributed by atoms with E-state index in [-0.39, 0.29) is 11.9 Å². The van der Waals surface area contributed by atoms with Gasteiger partial charge >= 0.3 is 0 Å². The Morgan fingerprint density at radius 2 is 2.20 bits per heavy atom. The lowest BCUT2D eigenvalue weighted by Crippen LogP contribution is -2.14. The second-order valence-corrected chi connectivity index (χ2v) is 4.00. The first kappa shape index (κ1) is 8.72. The highest BCUT2D eigenvalue weighted by Gasteiger charge is 2.31. The SMILES string of the molecule is Cc1cccc2c1OC1CC(F)=CC=C21. The lowest BCUT2D eigenvalue weighted by Gasteiger charge is -2.14. The number of aryl methyl sites for hydroxylation is 1. The van der Waals surface area contributed by atoms with Gasteiger partial charge in [-0.05, 0) is 18.6 Å². The Morgan fingerprint density at radius 1 is 1.33 bits per heavy atom. The van der Waals surface area contributed by atoms with E-state index in [1.54, 1.807) is 0 Å². The van der Waals surface area contributed by atoms with Gasteiger partial charge in [0, 0.05) is 17.6 Å². The molecule has 0 aromatic heterocycles. The Kier molecular flexibility index (Phi) is 1.72. The van der Waals surface area contributed by atoms with Gasteiger partial charge in [-0.25, -0.2) is 4.39 Å². The molecule has 15 heavy (non-hydrogen) atoms. The molecular weight excluding hydrogens is 191 g/mol. The molecule has 1 aromatic carbocycles. The van der Waals surface area contributed by atoms with Crippen LogP contribution in [-0.4, -0.2) is 6.10 Å². The van der Waals surface area contributed by atoms with Crippen LogP contribution in [0.5, 0.6) is 5.75 Å². The number of allylic oxidation sites excluding steroid dienone is 2. The second-order valence-electron chi connectivity index (χ2n) is 4.00. The van der Waals surface area contributed by atoms with Crippen molar-refractivity contribution in [3.63, 3.8) is 0 Å². The first-order chi connectivity index (χ1) is 7.25. The number of hydrogen-bond acceptors (Lipinski definition) is 1. The van der Waals surface area contributed by atoms with E-state index in [2.05, 4.69) is 0 Å². The molecule has 1 nitrogen and oxygen atoms in total. The number of halogens is 1. The molecule has 0 N–H and O–H groups in total. The zero-order valence-electron chi connectivity index (χ0n) is 8.46. The maximum absolute atomic E-state index is 13.1. The normalized spacial score (nSPS) is 22.4. The van der Waals surface area contributed by atoms with Crippen LogP contribution in [0.3, 0.4) is 0 Å². The molecule has 1 aliphatic carbocycles. The molecule has 0 amide bonds. The Labute approximate surface area is 87.9 Å². The molecule has 1 heterocycles. The van der Waals surface area contributed by atoms with E-state index in [0.29, 0.717) is 6.42 Å². The Hall–Kier alpha value is -1.57. The molecule has 0 spiro atoms. The minimum Gasteiger partial charge on any atom is -0.484 e. The smallest absolute Gasteiger partial charge is 0.131 e. The number of para-hydroxylation sites is 1. The second kappa shape index (κ2) is 2.96. The molecule has 0 fully saturated rings. The number of hydrogen-bond donors (Lipinski definition) is 0. The summed E-state index contributed by atoms with van der Waals surface area (Å²) in [5.41, 5.74) is 3.34. The summed E-state index contributed by atoms with van der Waals surface area (Å²) < 4.78 is 18.8. The third-order valence-corrected chi connectivity index (χ3v) is 2.95. The molecule has 3 rings (SSSR count). The molecule has 0 bridgehead atoms. The summed E-state index contributed by atoms with van der Waals surface area (Å²) in [6.45, 7) is 2.01. The van der Waals surface area contributed by atoms with Gasteiger partial charge < -0.3 is 4.74 Å². The molecule has 1 aliphatic heterocycles. The van der Waals surface area contributed by atoms with E-state index in [1.807, 2.05) is 31.2 Å². The van der Waals surface area contributed by atoms with Crippen molar-refractivity contribution in [3.05, 3.63) is 47.3 Å². The molecule has 76 valence electrons. The van der Waals surface area contributed by atoms with Crippen LogP contribution in [0.4, 0.5) is 4.39 Å². The Morgan fingerprint density at radius 3 is 3.07 bits per heavy atom. The van der Waals surface area contributed by atoms with Crippen molar-refractivity contribution >= 4 is 5.57 Å². The van der Waals surface area contributed by atoms with Crippen LogP contribution in [-0.2, 0) is 0 Å². The highest BCUT2D eigenvalue weighted by Crippen LogP contribution is 2.43. The van der Waals surface area contributed by atoms with E-state index < -0.39 is 0 Å². The Bertz CT molecular complexity index is 485. The third-order valence-electron chi connectivity index (χ3n) is 2.95. The summed E-state index contributed by atoms with van der Waals surface area (Å²) in [4.78, 5) is 0. The van der Waals surface area contributed by atoms with E-state index in [0.717, 1.165) is 22.4 Å². The fourth-order valence-corrected chi connectivity index (χ4v) is 2.19. The summed E-state index contributed by atoms with van der Waals surface area (Å²) in [6, 6.07) is 6.06. The predicted molar refractivity (Wildman–Crippen MR) is 57.4 cm³/mol. The summed E-state index contributed by atoms with van der Waals surface area (Å²) in [7, 11) is 0. The number of rotatable bonds is 0. The van der Waals surface area contributed by atoms with Gasteiger partial charge in [0.05, 0.1) is 0 Å². The minimum atomic E-state index is -0.119. The molecule has 0 radical (unpaired) electrons. The van der Waals surface area contributed by atoms with Crippen molar-refractivity contribution in [3.8, 4) is 5.75 Å². The number of fused-ring (bicyclic) bond motifs is 3. The quantitative estimate of drug-likeness (QED) is 0.626. The van der Waals surface area contributed by atoms with Crippen molar-refractivity contribution in [1.29, 1.82) is 0 Å². The van der Waals surface area contributed by atoms with Crippen LogP contribution in [0.2, 0.25) is 0 Å². The fourth-order valence-electron chi connectivity index (χ4n) is 2.19. The van der Waals surface area contributed by atoms with Crippen molar-refractivity contribution in [2.24, 2.45) is 0 Å². The van der Waals surface area contributed by atoms with Gasteiger partial charge in [0.2, 0.25) is 0 Å². The first-order valence-electron chi connectivity index (χ1n) is 5.08. The molecule has 1 atom stereocenters. The average Bonchev–Trinajstić information content (AvgIpc) is 2.57. The van der Waals surface area contributed by atoms with E-state index in [1.165, 1.54) is 6.08 Å². The van der Waals surface area contributed by atoms with Crippen LogP contribution in [0.1, 0.15) is 17.5 Å². The van der Waals surface area contributed by atoms with Crippen molar-refractivity contribution in [2.45, 2.75) is 19.4 Å². The zero-order valence-corrected chi connectivity index (χ0v) is 8.46. The maximum Gasteiger partial charge on any atom is 0.131 e. The predicted octanol–water partition coefficient (Wildman–Crippen LogP) is 3.40. The lowest BCUT2D eigenvalue weighted by atomic mass is 9.95. The zero-order chi connectivity index (χ0) is 10.4. The number of ether oxygens (including phenoxy) is 1. The average molecular weight is 202 g/mol. The largest absolute Gasteiger partial charge is 0.484 e. The monoisotopic (exact) mass is 202 g/mol. The molecule has 1 aromatic rings. The molecule has 2 aliphatic rings. The van der Waals surface area contributed by atoms with Gasteiger partial charge in [-0.3, -0.25) is 0 Å². The molecule has 0 saturated heterocycles.